The maximum Gasteiger partial charge on any atom is 0.409 e. The Hall–Kier alpha value is -0.730. The summed E-state index contributed by atoms with van der Waals surface area (Å²) in [5.41, 5.74) is 0. The van der Waals surface area contributed by atoms with Gasteiger partial charge in [-0.15, -0.1) is 0 Å². The lowest BCUT2D eigenvalue weighted by Crippen LogP contribution is -2.50. The average molecular weight is 169 g/mol. The van der Waals surface area contributed by atoms with Crippen LogP contribution in [-0.2, 0) is 4.74 Å². The van der Waals surface area contributed by atoms with Crippen LogP contribution in [0.1, 0.15) is 19.8 Å². The van der Waals surface area contributed by atoms with Crippen molar-refractivity contribution in [1.82, 2.24) is 4.90 Å². The third-order valence-electron chi connectivity index (χ3n) is 2.82. The fraction of sp³-hybridized carbons (Fsp3) is 0.889. The topological polar surface area (TPSA) is 29.5 Å². The number of fused-ring (bicyclic) bond motifs is 2. The minimum atomic E-state index is -0.119. The van der Waals surface area contributed by atoms with Gasteiger partial charge in [-0.3, -0.25) is 0 Å². The number of ether oxygens (including phenoxy) is 1. The quantitative estimate of drug-likeness (QED) is 0.595. The fourth-order valence-electron chi connectivity index (χ4n) is 2.23. The largest absolute Gasteiger partial charge is 0.450 e. The van der Waals surface area contributed by atoms with Crippen molar-refractivity contribution in [2.24, 2.45) is 11.8 Å². The molecule has 3 fully saturated rings. The van der Waals surface area contributed by atoms with E-state index in [1.807, 2.05) is 11.8 Å². The normalized spacial score (nSPS) is 32.6. The highest BCUT2D eigenvalue weighted by atomic mass is 16.6. The molecule has 0 spiro atoms. The Morgan fingerprint density at radius 3 is 2.50 bits per heavy atom. The van der Waals surface area contributed by atoms with Gasteiger partial charge in [0.05, 0.1) is 6.61 Å². The monoisotopic (exact) mass is 169 g/mol. The first-order valence-electron chi connectivity index (χ1n) is 4.71. The van der Waals surface area contributed by atoms with E-state index in [4.69, 9.17) is 4.74 Å². The van der Waals surface area contributed by atoms with E-state index in [2.05, 4.69) is 0 Å². The maximum absolute atomic E-state index is 11.3. The Labute approximate surface area is 72.7 Å². The van der Waals surface area contributed by atoms with Gasteiger partial charge in [-0.2, -0.15) is 0 Å². The first-order valence-corrected chi connectivity index (χ1v) is 4.71. The van der Waals surface area contributed by atoms with Gasteiger partial charge in [-0.25, -0.2) is 4.79 Å². The van der Waals surface area contributed by atoms with Crippen molar-refractivity contribution < 1.29 is 9.53 Å². The SMILES string of the molecule is CCOC(=O)N1CC2CC(C2)C1. The Balaban J connectivity index is 1.85. The molecule has 3 aliphatic rings. The van der Waals surface area contributed by atoms with Crippen molar-refractivity contribution >= 4 is 6.09 Å². The van der Waals surface area contributed by atoms with Crippen LogP contribution >= 0.6 is 0 Å². The molecule has 3 nitrogen and oxygen atoms in total. The predicted molar refractivity (Wildman–Crippen MR) is 44.8 cm³/mol. The number of piperidine rings is 2. The second-order valence-corrected chi connectivity index (χ2v) is 3.81. The van der Waals surface area contributed by atoms with E-state index >= 15 is 0 Å². The van der Waals surface area contributed by atoms with Crippen molar-refractivity contribution in [2.45, 2.75) is 19.8 Å². The molecule has 2 aliphatic heterocycles. The van der Waals surface area contributed by atoms with Crippen molar-refractivity contribution in [3.63, 3.8) is 0 Å². The number of carbonyl (C=O) groups is 1. The Bertz CT molecular complexity index is 177. The maximum atomic E-state index is 11.3. The number of amides is 1. The number of hydrogen-bond acceptors (Lipinski definition) is 2. The molecule has 68 valence electrons. The van der Waals surface area contributed by atoms with Crippen molar-refractivity contribution in [2.75, 3.05) is 19.7 Å². The molecule has 0 N–H and O–H groups in total. The van der Waals surface area contributed by atoms with Crippen molar-refractivity contribution in [3.05, 3.63) is 0 Å². The van der Waals surface area contributed by atoms with E-state index < -0.39 is 0 Å². The van der Waals surface area contributed by atoms with E-state index in [0.717, 1.165) is 24.9 Å². The third kappa shape index (κ3) is 1.28. The van der Waals surface area contributed by atoms with Crippen LogP contribution in [0.5, 0.6) is 0 Å². The number of hydrogen-bond donors (Lipinski definition) is 0. The minimum Gasteiger partial charge on any atom is -0.450 e. The van der Waals surface area contributed by atoms with E-state index in [1.54, 1.807) is 0 Å². The second kappa shape index (κ2) is 2.96. The van der Waals surface area contributed by atoms with Gasteiger partial charge in [0, 0.05) is 13.1 Å². The molecule has 0 atom stereocenters. The van der Waals surface area contributed by atoms with Gasteiger partial charge < -0.3 is 9.64 Å². The molecule has 2 bridgehead atoms. The van der Waals surface area contributed by atoms with Crippen molar-refractivity contribution in [1.29, 1.82) is 0 Å². The van der Waals surface area contributed by atoms with E-state index in [9.17, 15) is 4.79 Å². The summed E-state index contributed by atoms with van der Waals surface area (Å²) in [6.07, 6.45) is 2.54. The molecule has 2 heterocycles. The summed E-state index contributed by atoms with van der Waals surface area (Å²) >= 11 is 0. The molecule has 1 saturated carbocycles. The lowest BCUT2D eigenvalue weighted by Gasteiger charge is -2.46. The molecule has 0 aromatic rings. The average Bonchev–Trinajstić information content (AvgIpc) is 2.04. The number of carbonyl (C=O) groups excluding carboxylic acids is 1. The van der Waals surface area contributed by atoms with Gasteiger partial charge in [-0.05, 0) is 31.6 Å². The summed E-state index contributed by atoms with van der Waals surface area (Å²) in [6, 6.07) is 0. The Morgan fingerprint density at radius 1 is 1.42 bits per heavy atom. The molecule has 3 rings (SSSR count). The van der Waals surface area contributed by atoms with Gasteiger partial charge >= 0.3 is 6.09 Å². The predicted octanol–water partition coefficient (Wildman–Crippen LogP) is 1.48. The molecule has 0 unspecified atom stereocenters. The van der Waals surface area contributed by atoms with Crippen LogP contribution in [0.15, 0.2) is 0 Å². The zero-order valence-corrected chi connectivity index (χ0v) is 7.45. The second-order valence-electron chi connectivity index (χ2n) is 3.81. The van der Waals surface area contributed by atoms with E-state index in [1.165, 1.54) is 12.8 Å². The molecular weight excluding hydrogens is 154 g/mol. The first kappa shape index (κ1) is 7.90. The number of nitrogens with zero attached hydrogens (tertiary/aromatic N) is 1. The van der Waals surface area contributed by atoms with E-state index in [0.29, 0.717) is 6.61 Å². The Morgan fingerprint density at radius 2 is 2.00 bits per heavy atom. The number of rotatable bonds is 1. The lowest BCUT2D eigenvalue weighted by molar-refractivity contribution is 0.0192. The molecule has 0 radical (unpaired) electrons. The summed E-state index contributed by atoms with van der Waals surface area (Å²) in [7, 11) is 0. The van der Waals surface area contributed by atoms with Gasteiger partial charge in [0.25, 0.3) is 0 Å². The minimum absolute atomic E-state index is 0.119. The molecule has 0 aromatic carbocycles. The van der Waals surface area contributed by atoms with Crippen molar-refractivity contribution in [3.8, 4) is 0 Å². The highest BCUT2D eigenvalue weighted by molar-refractivity contribution is 5.67. The van der Waals surface area contributed by atoms with Crippen LogP contribution in [0, 0.1) is 11.8 Å². The van der Waals surface area contributed by atoms with Crippen LogP contribution in [-0.4, -0.2) is 30.7 Å². The molecule has 1 amide bonds. The van der Waals surface area contributed by atoms with E-state index in [-0.39, 0.29) is 6.09 Å². The molecular formula is C9H15NO2. The molecule has 12 heavy (non-hydrogen) atoms. The summed E-state index contributed by atoms with van der Waals surface area (Å²) in [6.45, 7) is 4.19. The molecule has 3 heteroatoms. The van der Waals surface area contributed by atoms with Crippen LogP contribution in [0.25, 0.3) is 0 Å². The smallest absolute Gasteiger partial charge is 0.409 e. The molecule has 2 saturated heterocycles. The standard InChI is InChI=1S/C9H15NO2/c1-2-12-9(11)10-5-7-3-8(4-7)6-10/h7-8H,2-6H2,1H3. The zero-order valence-electron chi connectivity index (χ0n) is 7.45. The summed E-state index contributed by atoms with van der Waals surface area (Å²) in [4.78, 5) is 13.1. The first-order chi connectivity index (χ1) is 5.79. The highest BCUT2D eigenvalue weighted by Crippen LogP contribution is 2.39. The molecule has 0 aromatic heterocycles. The highest BCUT2D eigenvalue weighted by Gasteiger charge is 2.39. The van der Waals surface area contributed by atoms with Crippen LogP contribution in [0.3, 0.4) is 0 Å². The Kier molecular flexibility index (Phi) is 1.95. The van der Waals surface area contributed by atoms with Gasteiger partial charge in [0.1, 0.15) is 0 Å². The van der Waals surface area contributed by atoms with Gasteiger partial charge in [-0.1, -0.05) is 0 Å². The van der Waals surface area contributed by atoms with Gasteiger partial charge in [0.2, 0.25) is 0 Å². The summed E-state index contributed by atoms with van der Waals surface area (Å²) in [5, 5.41) is 0. The summed E-state index contributed by atoms with van der Waals surface area (Å²) in [5.74, 6) is 1.54. The molecule has 1 aliphatic carbocycles. The van der Waals surface area contributed by atoms with Gasteiger partial charge in [0.15, 0.2) is 0 Å². The van der Waals surface area contributed by atoms with Crippen LogP contribution in [0.2, 0.25) is 0 Å². The zero-order chi connectivity index (χ0) is 8.55. The lowest BCUT2D eigenvalue weighted by atomic mass is 9.71. The summed E-state index contributed by atoms with van der Waals surface area (Å²) < 4.78 is 4.94. The van der Waals surface area contributed by atoms with Crippen LogP contribution in [0.4, 0.5) is 4.79 Å². The van der Waals surface area contributed by atoms with Crippen LogP contribution < -0.4 is 0 Å². The fourth-order valence-corrected chi connectivity index (χ4v) is 2.23. The third-order valence-corrected chi connectivity index (χ3v) is 2.82.